The first kappa shape index (κ1) is 27.7. The summed E-state index contributed by atoms with van der Waals surface area (Å²) < 4.78 is 25.5. The molecule has 5 rings (SSSR count). The Morgan fingerprint density at radius 1 is 1.26 bits per heavy atom. The summed E-state index contributed by atoms with van der Waals surface area (Å²) in [4.78, 5) is 16.1. The first-order valence-corrected chi connectivity index (χ1v) is 17.2. The molecule has 3 aromatic rings. The van der Waals surface area contributed by atoms with Crippen molar-refractivity contribution in [3.05, 3.63) is 74.1 Å². The Hall–Kier alpha value is -1.86. The van der Waals surface area contributed by atoms with Crippen molar-refractivity contribution in [2.45, 2.75) is 63.2 Å². The maximum atomic E-state index is 16.0. The van der Waals surface area contributed by atoms with E-state index in [-0.39, 0.29) is 18.4 Å². The molecule has 0 aliphatic carbocycles. The van der Waals surface area contributed by atoms with Gasteiger partial charge in [-0.05, 0) is 78.0 Å². The number of carbonyl (C=O) groups excluding carboxylic acids is 1. The average Bonchev–Trinajstić information content (AvgIpc) is 3.48. The van der Waals surface area contributed by atoms with E-state index >= 15 is 4.11 Å². The molecule has 0 saturated carbocycles. The number of fused-ring (bicyclic) bond motifs is 2. The third-order valence-corrected chi connectivity index (χ3v) is 11.1. The Balaban J connectivity index is 1.51. The highest BCUT2D eigenvalue weighted by molar-refractivity contribution is 14.1. The molecular formula is C27H31ClFIN4O3Si. The van der Waals surface area contributed by atoms with Crippen LogP contribution in [0.4, 0.5) is 9.80 Å². The van der Waals surface area contributed by atoms with Gasteiger partial charge in [0.1, 0.15) is 0 Å². The number of ether oxygens (including phenoxy) is 1. The van der Waals surface area contributed by atoms with E-state index < -0.39 is 25.7 Å². The highest BCUT2D eigenvalue weighted by Crippen LogP contribution is 2.60. The molecule has 0 bridgehead atoms. The minimum Gasteiger partial charge on any atom is -0.396 e. The highest BCUT2D eigenvalue weighted by Gasteiger charge is 2.66. The zero-order chi connectivity index (χ0) is 27.2. The monoisotopic (exact) mass is 668 g/mol. The minimum absolute atomic E-state index is 0.00308. The van der Waals surface area contributed by atoms with E-state index in [1.54, 1.807) is 34.9 Å². The van der Waals surface area contributed by atoms with Crippen LogP contribution >= 0.6 is 34.2 Å². The average molecular weight is 669 g/mol. The van der Waals surface area contributed by atoms with Gasteiger partial charge in [0.05, 0.1) is 24.0 Å². The van der Waals surface area contributed by atoms with Crippen molar-refractivity contribution < 1.29 is 18.7 Å². The first-order chi connectivity index (χ1) is 18.0. The van der Waals surface area contributed by atoms with Gasteiger partial charge in [0.25, 0.3) is 5.91 Å². The van der Waals surface area contributed by atoms with E-state index in [0.717, 1.165) is 14.8 Å². The molecular weight excluding hydrogens is 638 g/mol. The smallest absolute Gasteiger partial charge is 0.264 e. The van der Waals surface area contributed by atoms with Gasteiger partial charge in [0, 0.05) is 51.4 Å². The van der Waals surface area contributed by atoms with Crippen molar-refractivity contribution in [2.24, 2.45) is 5.92 Å². The van der Waals surface area contributed by atoms with E-state index in [4.69, 9.17) is 16.3 Å². The quantitative estimate of drug-likeness (QED) is 0.195. The van der Waals surface area contributed by atoms with Crippen LogP contribution in [-0.4, -0.2) is 47.1 Å². The van der Waals surface area contributed by atoms with Crippen molar-refractivity contribution in [3.63, 3.8) is 0 Å². The maximum absolute atomic E-state index is 16.0. The molecule has 1 N–H and O–H groups in total. The molecule has 0 radical (unpaired) electrons. The van der Waals surface area contributed by atoms with Gasteiger partial charge in [-0.1, -0.05) is 35.9 Å². The van der Waals surface area contributed by atoms with Gasteiger partial charge in [-0.25, -0.2) is 0 Å². The van der Waals surface area contributed by atoms with E-state index in [1.165, 1.54) is 0 Å². The normalized spacial score (nSPS) is 25.0. The number of hydrogen-bond acceptors (Lipinski definition) is 5. The van der Waals surface area contributed by atoms with E-state index in [0.29, 0.717) is 42.2 Å². The second-order valence-electron chi connectivity index (χ2n) is 10.7. The van der Waals surface area contributed by atoms with Crippen LogP contribution in [0.15, 0.2) is 48.7 Å². The molecule has 1 amide bonds. The number of halogens is 3. The van der Waals surface area contributed by atoms with Crippen LogP contribution in [0.2, 0.25) is 23.7 Å². The molecule has 11 heteroatoms. The fourth-order valence-corrected chi connectivity index (χ4v) is 9.52. The Morgan fingerprint density at radius 3 is 2.76 bits per heavy atom. The second kappa shape index (κ2) is 10.6. The summed E-state index contributed by atoms with van der Waals surface area (Å²) in [6, 6.07) is 13.5. The number of aryl methyl sites for hydroxylation is 1. The second-order valence-corrected chi connectivity index (χ2v) is 16.2. The highest BCUT2D eigenvalue weighted by atomic mass is 127. The SMILES string of the molecule is C[C@@H]1[C@@H]([Si](C)(C)F)[C@H](CCn2cc(CCO)nn2)O[C@@]12C(=O)N(Cc1cccc(I)c1)c1ccc(Cl)cc12. The molecule has 7 nitrogen and oxygen atoms in total. The summed E-state index contributed by atoms with van der Waals surface area (Å²) in [6.45, 7) is 6.19. The number of benzene rings is 2. The number of anilines is 1. The summed E-state index contributed by atoms with van der Waals surface area (Å²) in [6.07, 6.45) is 2.22. The number of hydrogen-bond donors (Lipinski definition) is 1. The van der Waals surface area contributed by atoms with Crippen molar-refractivity contribution >= 4 is 54.2 Å². The Morgan fingerprint density at radius 2 is 2.05 bits per heavy atom. The van der Waals surface area contributed by atoms with Crippen molar-refractivity contribution in [3.8, 4) is 0 Å². The van der Waals surface area contributed by atoms with Gasteiger partial charge in [0.15, 0.2) is 5.60 Å². The predicted molar refractivity (Wildman–Crippen MR) is 155 cm³/mol. The number of amides is 1. The van der Waals surface area contributed by atoms with Crippen LogP contribution < -0.4 is 4.90 Å². The van der Waals surface area contributed by atoms with Crippen molar-refractivity contribution in [1.29, 1.82) is 0 Å². The molecule has 1 saturated heterocycles. The zero-order valence-electron chi connectivity index (χ0n) is 21.6. The number of aliphatic hydroxyl groups is 1. The predicted octanol–water partition coefficient (Wildman–Crippen LogP) is 5.48. The molecule has 0 unspecified atom stereocenters. The number of aliphatic hydroxyl groups excluding tert-OH is 1. The molecule has 2 aliphatic heterocycles. The zero-order valence-corrected chi connectivity index (χ0v) is 25.5. The molecule has 1 fully saturated rings. The third-order valence-electron chi connectivity index (χ3n) is 7.75. The lowest BCUT2D eigenvalue weighted by molar-refractivity contribution is -0.146. The molecule has 2 aromatic carbocycles. The van der Waals surface area contributed by atoms with Crippen LogP contribution in [0.3, 0.4) is 0 Å². The number of carbonyl (C=O) groups is 1. The largest absolute Gasteiger partial charge is 0.396 e. The van der Waals surface area contributed by atoms with E-state index in [1.807, 2.05) is 37.3 Å². The molecule has 3 heterocycles. The standard InChI is InChI=1S/C27H31ClFIN4O3Si/c1-17-25(38(2,3)29)24(9-11-33-16-21(10-12-35)31-32-33)37-27(17)22-14-19(28)7-8-23(22)34(26(27)36)15-18-5-4-6-20(30)13-18/h4-8,13-14,16-17,24-25,35H,9-12,15H2,1-3H3/t17-,24+,25-,27+/m1/s1. The fraction of sp³-hybridized carbons (Fsp3) is 0.444. The lowest BCUT2D eigenvalue weighted by Gasteiger charge is -2.31. The number of nitrogens with zero attached hydrogens (tertiary/aromatic N) is 4. The number of rotatable bonds is 8. The van der Waals surface area contributed by atoms with Gasteiger partial charge in [-0.3, -0.25) is 9.48 Å². The summed E-state index contributed by atoms with van der Waals surface area (Å²) in [5.41, 5.74) is 1.46. The van der Waals surface area contributed by atoms with Crippen LogP contribution in [0.1, 0.15) is 30.2 Å². The Labute approximate surface area is 241 Å². The molecule has 4 atom stereocenters. The summed E-state index contributed by atoms with van der Waals surface area (Å²) >= 11 is 8.72. The topological polar surface area (TPSA) is 80.5 Å². The lowest BCUT2D eigenvalue weighted by Crippen LogP contribution is -2.45. The van der Waals surface area contributed by atoms with E-state index in [2.05, 4.69) is 39.0 Å². The molecule has 1 aromatic heterocycles. The van der Waals surface area contributed by atoms with Gasteiger partial charge < -0.3 is 18.9 Å². The van der Waals surface area contributed by atoms with E-state index in [9.17, 15) is 9.90 Å². The summed E-state index contributed by atoms with van der Waals surface area (Å²) in [7, 11) is -3.27. The van der Waals surface area contributed by atoms with Crippen LogP contribution in [0.5, 0.6) is 0 Å². The summed E-state index contributed by atoms with van der Waals surface area (Å²) in [5.74, 6) is -0.552. The van der Waals surface area contributed by atoms with Crippen LogP contribution in [0.25, 0.3) is 0 Å². The molecule has 1 spiro atoms. The van der Waals surface area contributed by atoms with Crippen molar-refractivity contribution in [2.75, 3.05) is 11.5 Å². The Kier molecular flexibility index (Phi) is 7.73. The maximum Gasteiger partial charge on any atom is 0.264 e. The minimum atomic E-state index is -3.27. The van der Waals surface area contributed by atoms with Gasteiger partial charge in [0.2, 0.25) is 8.41 Å². The van der Waals surface area contributed by atoms with Gasteiger partial charge in [-0.15, -0.1) is 5.10 Å². The van der Waals surface area contributed by atoms with Crippen LogP contribution in [-0.2, 0) is 34.6 Å². The lowest BCUT2D eigenvalue weighted by atomic mass is 9.82. The van der Waals surface area contributed by atoms with Gasteiger partial charge >= 0.3 is 0 Å². The number of aromatic nitrogens is 3. The first-order valence-electron chi connectivity index (χ1n) is 12.8. The molecule has 202 valence electrons. The third kappa shape index (κ3) is 4.94. The molecule has 2 aliphatic rings. The fourth-order valence-electron chi connectivity index (χ4n) is 6.20. The van der Waals surface area contributed by atoms with Gasteiger partial charge in [-0.2, -0.15) is 0 Å². The van der Waals surface area contributed by atoms with Crippen molar-refractivity contribution in [1.82, 2.24) is 15.0 Å². The van der Waals surface area contributed by atoms with Crippen LogP contribution in [0, 0.1) is 9.49 Å². The summed E-state index contributed by atoms with van der Waals surface area (Å²) in [5, 5.41) is 17.9. The molecule has 38 heavy (non-hydrogen) atoms. The Bertz CT molecular complexity index is 1350.